The topological polar surface area (TPSA) is 17.1 Å². The molecule has 0 bridgehead atoms. The lowest BCUT2D eigenvalue weighted by atomic mass is 9.88. The van der Waals surface area contributed by atoms with Crippen molar-refractivity contribution in [3.8, 4) is 0 Å². The van der Waals surface area contributed by atoms with Crippen LogP contribution in [0.25, 0.3) is 11.9 Å². The van der Waals surface area contributed by atoms with E-state index in [0.29, 0.717) is 11.6 Å². The summed E-state index contributed by atoms with van der Waals surface area (Å²) in [6, 6.07) is 12.0. The highest BCUT2D eigenvalue weighted by Gasteiger charge is 2.20. The second-order valence-electron chi connectivity index (χ2n) is 5.35. The average molecular weight is 264 g/mol. The van der Waals surface area contributed by atoms with Gasteiger partial charge in [0.2, 0.25) is 0 Å². The predicted molar refractivity (Wildman–Crippen MR) is 75.8 cm³/mol. The Labute approximate surface area is 115 Å². The van der Waals surface area contributed by atoms with Crippen LogP contribution in [0.5, 0.6) is 0 Å². The molecule has 1 nitrogen and oxygen atoms in total. The number of hydrogen-bond donors (Lipinski definition) is 0. The van der Waals surface area contributed by atoms with E-state index in [9.17, 15) is 9.18 Å². The molecule has 0 amide bonds. The summed E-state index contributed by atoms with van der Waals surface area (Å²) in [4.78, 5) is 11.5. The summed E-state index contributed by atoms with van der Waals surface area (Å²) in [6.07, 6.45) is 3.95. The van der Waals surface area contributed by atoms with Crippen LogP contribution in [0.3, 0.4) is 0 Å². The van der Waals surface area contributed by atoms with Gasteiger partial charge in [0.1, 0.15) is 0 Å². The normalized spacial score (nSPS) is 16.1. The molecule has 0 heterocycles. The second kappa shape index (κ2) is 4.14. The SMILES string of the molecule is O=C1CCc2c3c(ccc2=C1F)=c1ccccc1=CC3. The van der Waals surface area contributed by atoms with Crippen LogP contribution < -0.4 is 10.4 Å². The summed E-state index contributed by atoms with van der Waals surface area (Å²) in [5.74, 6) is -0.925. The number of benzene rings is 2. The van der Waals surface area contributed by atoms with Gasteiger partial charge in [0.25, 0.3) is 0 Å². The van der Waals surface area contributed by atoms with E-state index in [1.54, 1.807) is 6.07 Å². The molecule has 4 rings (SSSR count). The molecule has 2 heteroatoms. The van der Waals surface area contributed by atoms with Crippen LogP contribution in [0, 0.1) is 10.4 Å². The minimum Gasteiger partial charge on any atom is -0.292 e. The number of carbonyl (C=O) groups is 1. The second-order valence-corrected chi connectivity index (χ2v) is 5.35. The van der Waals surface area contributed by atoms with Gasteiger partial charge >= 0.3 is 0 Å². The molecule has 2 aliphatic rings. The van der Waals surface area contributed by atoms with Crippen LogP contribution >= 0.6 is 0 Å². The third-order valence-corrected chi connectivity index (χ3v) is 4.29. The number of halogens is 1. The van der Waals surface area contributed by atoms with Gasteiger partial charge in [0, 0.05) is 11.6 Å². The van der Waals surface area contributed by atoms with Gasteiger partial charge in [-0.1, -0.05) is 42.5 Å². The van der Waals surface area contributed by atoms with Crippen molar-refractivity contribution in [3.05, 3.63) is 68.4 Å². The maximum absolute atomic E-state index is 14.0. The number of rotatable bonds is 0. The lowest BCUT2D eigenvalue weighted by Crippen LogP contribution is -2.25. The number of carbonyl (C=O) groups excluding carboxylic acids is 1. The molecule has 0 aromatic heterocycles. The van der Waals surface area contributed by atoms with Crippen molar-refractivity contribution >= 4 is 17.7 Å². The summed E-state index contributed by atoms with van der Waals surface area (Å²) in [6.45, 7) is 0. The van der Waals surface area contributed by atoms with E-state index >= 15 is 0 Å². The molecule has 2 aromatic carbocycles. The van der Waals surface area contributed by atoms with Crippen LogP contribution in [-0.4, -0.2) is 5.78 Å². The number of hydrogen-bond acceptors (Lipinski definition) is 1. The fraction of sp³-hybridized carbons (Fsp3) is 0.167. The zero-order valence-electron chi connectivity index (χ0n) is 10.9. The van der Waals surface area contributed by atoms with E-state index < -0.39 is 5.83 Å². The molecule has 0 aliphatic heterocycles. The maximum atomic E-state index is 14.0. The fourth-order valence-corrected chi connectivity index (χ4v) is 3.30. The number of Topliss-reactive ketones (excluding diaryl/α,β-unsaturated/α-hetero) is 1. The molecule has 0 fully saturated rings. The van der Waals surface area contributed by atoms with Crippen LogP contribution in [-0.2, 0) is 17.6 Å². The first-order valence-corrected chi connectivity index (χ1v) is 6.89. The standard InChI is InChI=1S/C18H13FO/c19-18-16-8-7-13-12-4-2-1-3-11(12)5-6-14(13)15(16)9-10-17(18)20/h1-5,7-8H,6,9-10H2. The quantitative estimate of drug-likeness (QED) is 0.710. The minimum absolute atomic E-state index is 0.289. The molecule has 2 aliphatic carbocycles. The van der Waals surface area contributed by atoms with Gasteiger partial charge in [-0.15, -0.1) is 0 Å². The van der Waals surface area contributed by atoms with Crippen LogP contribution in [0.2, 0.25) is 0 Å². The van der Waals surface area contributed by atoms with Crippen LogP contribution in [0.15, 0.2) is 36.4 Å². The molecule has 98 valence electrons. The maximum Gasteiger partial charge on any atom is 0.192 e. The highest BCUT2D eigenvalue weighted by Crippen LogP contribution is 2.19. The number of ketones is 1. The van der Waals surface area contributed by atoms with Crippen molar-refractivity contribution in [2.75, 3.05) is 0 Å². The first-order valence-electron chi connectivity index (χ1n) is 6.89. The predicted octanol–water partition coefficient (Wildman–Crippen LogP) is 1.90. The molecule has 20 heavy (non-hydrogen) atoms. The summed E-state index contributed by atoms with van der Waals surface area (Å²) < 4.78 is 14.0. The van der Waals surface area contributed by atoms with Crippen molar-refractivity contribution in [1.29, 1.82) is 0 Å². The van der Waals surface area contributed by atoms with E-state index in [0.717, 1.165) is 12.0 Å². The molecule has 0 spiro atoms. The molecule has 0 unspecified atom stereocenters. The van der Waals surface area contributed by atoms with Gasteiger partial charge in [-0.2, -0.15) is 0 Å². The molecule has 0 N–H and O–H groups in total. The van der Waals surface area contributed by atoms with Crippen molar-refractivity contribution < 1.29 is 9.18 Å². The van der Waals surface area contributed by atoms with Crippen molar-refractivity contribution in [2.24, 2.45) is 0 Å². The highest BCUT2D eigenvalue weighted by molar-refractivity contribution is 6.12. The zero-order valence-corrected chi connectivity index (χ0v) is 10.9. The third kappa shape index (κ3) is 1.51. The Hall–Kier alpha value is -2.22. The lowest BCUT2D eigenvalue weighted by molar-refractivity contribution is -0.114. The summed E-state index contributed by atoms with van der Waals surface area (Å²) >= 11 is 0. The van der Waals surface area contributed by atoms with Gasteiger partial charge in [0.05, 0.1) is 0 Å². The Morgan fingerprint density at radius 3 is 2.55 bits per heavy atom. The van der Waals surface area contributed by atoms with Crippen LogP contribution in [0.4, 0.5) is 4.39 Å². The molecular formula is C18H13FO. The third-order valence-electron chi connectivity index (χ3n) is 4.29. The molecule has 0 atom stereocenters. The van der Waals surface area contributed by atoms with E-state index in [4.69, 9.17) is 0 Å². The van der Waals surface area contributed by atoms with Crippen molar-refractivity contribution in [3.63, 3.8) is 0 Å². The summed E-state index contributed by atoms with van der Waals surface area (Å²) in [5.41, 5.74) is 2.20. The van der Waals surface area contributed by atoms with Gasteiger partial charge in [-0.25, -0.2) is 4.39 Å². The van der Waals surface area contributed by atoms with E-state index in [1.807, 2.05) is 18.2 Å². The molecule has 2 aromatic rings. The Bertz CT molecular complexity index is 954. The molecule has 0 saturated carbocycles. The summed E-state index contributed by atoms with van der Waals surface area (Å²) in [7, 11) is 0. The van der Waals surface area contributed by atoms with E-state index in [-0.39, 0.29) is 12.2 Å². The van der Waals surface area contributed by atoms with E-state index in [2.05, 4.69) is 18.2 Å². The summed E-state index contributed by atoms with van der Waals surface area (Å²) in [5, 5.41) is 4.13. The lowest BCUT2D eigenvalue weighted by Gasteiger charge is -2.16. The zero-order chi connectivity index (χ0) is 13.7. The molecule has 0 saturated heterocycles. The molecule has 0 radical (unpaired) electrons. The van der Waals surface area contributed by atoms with Gasteiger partial charge in [-0.05, 0) is 39.6 Å². The molecular weight excluding hydrogens is 251 g/mol. The van der Waals surface area contributed by atoms with Gasteiger partial charge in [0.15, 0.2) is 11.6 Å². The smallest absolute Gasteiger partial charge is 0.192 e. The first kappa shape index (κ1) is 11.6. The Morgan fingerprint density at radius 1 is 0.850 bits per heavy atom. The average Bonchev–Trinajstić information content (AvgIpc) is 2.50. The Morgan fingerprint density at radius 2 is 1.65 bits per heavy atom. The largest absolute Gasteiger partial charge is 0.292 e. The number of fused-ring (bicyclic) bond motifs is 4. The fourth-order valence-electron chi connectivity index (χ4n) is 3.30. The van der Waals surface area contributed by atoms with Crippen molar-refractivity contribution in [1.82, 2.24) is 0 Å². The Balaban J connectivity index is 2.23. The first-order chi connectivity index (χ1) is 9.75. The monoisotopic (exact) mass is 264 g/mol. The van der Waals surface area contributed by atoms with Crippen molar-refractivity contribution in [2.45, 2.75) is 19.3 Å². The van der Waals surface area contributed by atoms with Gasteiger partial charge < -0.3 is 0 Å². The highest BCUT2D eigenvalue weighted by atomic mass is 19.1. The van der Waals surface area contributed by atoms with E-state index in [1.165, 1.54) is 21.2 Å². The van der Waals surface area contributed by atoms with Gasteiger partial charge in [-0.3, -0.25) is 4.79 Å². The van der Waals surface area contributed by atoms with Crippen LogP contribution in [0.1, 0.15) is 17.5 Å². The minimum atomic E-state index is -0.562. The Kier molecular flexibility index (Phi) is 2.40.